The molecule has 0 aliphatic carbocycles. The fraction of sp³-hybridized carbons (Fsp3) is 0.500. The fourth-order valence-electron chi connectivity index (χ4n) is 3.18. The van der Waals surface area contributed by atoms with Gasteiger partial charge in [0.15, 0.2) is 11.8 Å². The van der Waals surface area contributed by atoms with Crippen LogP contribution in [0.3, 0.4) is 0 Å². The second-order valence-electron chi connectivity index (χ2n) is 6.34. The number of fused-ring (bicyclic) bond motifs is 1. The second kappa shape index (κ2) is 8.47. The molecule has 0 fully saturated rings. The molecular weight excluding hydrogens is 380 g/mol. The highest BCUT2D eigenvalue weighted by Gasteiger charge is 2.15. The predicted octanol–water partition coefficient (Wildman–Crippen LogP) is 2.97. The summed E-state index contributed by atoms with van der Waals surface area (Å²) in [6, 6.07) is 8.25. The molecule has 1 aromatic heterocycles. The third kappa shape index (κ3) is 4.39. The molecule has 0 radical (unpaired) electrons. The molecule has 1 aliphatic rings. The highest BCUT2D eigenvalue weighted by atomic mass is 79.9. The molecule has 7 heteroatoms. The van der Waals surface area contributed by atoms with Crippen LogP contribution in [-0.2, 0) is 26.1 Å². The first kappa shape index (κ1) is 17.9. The molecule has 2 aromatic rings. The molecule has 1 N–H and O–H groups in total. The first-order valence-corrected chi connectivity index (χ1v) is 9.54. The van der Waals surface area contributed by atoms with E-state index in [0.29, 0.717) is 6.54 Å². The zero-order valence-corrected chi connectivity index (χ0v) is 16.5. The Kier molecular flexibility index (Phi) is 6.07. The Labute approximate surface area is 157 Å². The van der Waals surface area contributed by atoms with Crippen LogP contribution in [0.15, 0.2) is 33.7 Å². The third-order valence-electron chi connectivity index (χ3n) is 4.53. The number of aromatic nitrogens is 3. The summed E-state index contributed by atoms with van der Waals surface area (Å²) in [6.45, 7) is 2.43. The first-order chi connectivity index (χ1) is 12.2. The van der Waals surface area contributed by atoms with Crippen molar-refractivity contribution in [3.05, 3.63) is 46.0 Å². The molecule has 0 bridgehead atoms. The molecule has 134 valence electrons. The number of rotatable bonds is 4. The summed E-state index contributed by atoms with van der Waals surface area (Å²) in [5.41, 5.74) is 1.23. The summed E-state index contributed by atoms with van der Waals surface area (Å²) in [5.74, 6) is 2.96. The Balaban J connectivity index is 1.63. The van der Waals surface area contributed by atoms with Crippen LogP contribution in [0.25, 0.3) is 0 Å². The monoisotopic (exact) mass is 404 g/mol. The minimum absolute atomic E-state index is 0.639. The maximum atomic E-state index is 4.40. The van der Waals surface area contributed by atoms with E-state index in [1.165, 1.54) is 24.8 Å². The lowest BCUT2D eigenvalue weighted by atomic mass is 10.2. The Bertz CT molecular complexity index is 739. The molecule has 2 heterocycles. The maximum Gasteiger partial charge on any atom is 0.194 e. The van der Waals surface area contributed by atoms with Crippen molar-refractivity contribution in [2.75, 3.05) is 14.1 Å². The standard InChI is InChI=1S/C18H25BrN6/c1-20-18(24(2)13-14-8-5-6-9-15(14)19)21-12-17-23-22-16-10-4-3-7-11-25(16)17/h5-6,8-9H,3-4,7,10-13H2,1-2H3,(H,20,21). The second-order valence-corrected chi connectivity index (χ2v) is 7.20. The van der Waals surface area contributed by atoms with E-state index in [-0.39, 0.29) is 0 Å². The molecule has 0 spiro atoms. The zero-order chi connectivity index (χ0) is 17.6. The summed E-state index contributed by atoms with van der Waals surface area (Å²) in [7, 11) is 3.85. The molecular formula is C18H25BrN6. The summed E-state index contributed by atoms with van der Waals surface area (Å²) in [5, 5.41) is 12.1. The Morgan fingerprint density at radius 3 is 2.92 bits per heavy atom. The molecule has 0 amide bonds. The highest BCUT2D eigenvalue weighted by Crippen LogP contribution is 2.17. The van der Waals surface area contributed by atoms with E-state index in [1.54, 1.807) is 0 Å². The van der Waals surface area contributed by atoms with Gasteiger partial charge in [0.05, 0.1) is 6.54 Å². The summed E-state index contributed by atoms with van der Waals surface area (Å²) < 4.78 is 3.38. The van der Waals surface area contributed by atoms with Crippen LogP contribution in [0, 0.1) is 0 Å². The zero-order valence-electron chi connectivity index (χ0n) is 14.9. The summed E-state index contributed by atoms with van der Waals surface area (Å²) >= 11 is 3.61. The normalized spacial score (nSPS) is 14.8. The highest BCUT2D eigenvalue weighted by molar-refractivity contribution is 9.10. The SMILES string of the molecule is CN=C(NCc1nnc2n1CCCCC2)N(C)Cc1ccccc1Br. The fourth-order valence-corrected chi connectivity index (χ4v) is 3.59. The van der Waals surface area contributed by atoms with Crippen LogP contribution in [0.1, 0.15) is 36.5 Å². The number of aryl methyl sites for hydroxylation is 1. The van der Waals surface area contributed by atoms with Gasteiger partial charge in [-0.25, -0.2) is 0 Å². The summed E-state index contributed by atoms with van der Waals surface area (Å²) in [4.78, 5) is 6.51. The van der Waals surface area contributed by atoms with Gasteiger partial charge in [0.2, 0.25) is 0 Å². The number of nitrogens with zero attached hydrogens (tertiary/aromatic N) is 5. The van der Waals surface area contributed by atoms with E-state index in [2.05, 4.69) is 64.1 Å². The molecule has 0 saturated carbocycles. The van der Waals surface area contributed by atoms with Crippen molar-refractivity contribution < 1.29 is 0 Å². The van der Waals surface area contributed by atoms with Crippen LogP contribution in [0.2, 0.25) is 0 Å². The minimum Gasteiger partial charge on any atom is -0.349 e. The first-order valence-electron chi connectivity index (χ1n) is 8.75. The number of halogens is 1. The topological polar surface area (TPSA) is 58.3 Å². The Morgan fingerprint density at radius 1 is 1.28 bits per heavy atom. The molecule has 1 aromatic carbocycles. The molecule has 6 nitrogen and oxygen atoms in total. The van der Waals surface area contributed by atoms with Crippen LogP contribution in [0.5, 0.6) is 0 Å². The lowest BCUT2D eigenvalue weighted by Gasteiger charge is -2.22. The quantitative estimate of drug-likeness (QED) is 0.628. The van der Waals surface area contributed by atoms with E-state index in [9.17, 15) is 0 Å². The molecule has 0 saturated heterocycles. The van der Waals surface area contributed by atoms with Crippen molar-refractivity contribution in [1.82, 2.24) is 25.0 Å². The van der Waals surface area contributed by atoms with Crippen LogP contribution in [0.4, 0.5) is 0 Å². The molecule has 0 atom stereocenters. The van der Waals surface area contributed by atoms with Crippen molar-refractivity contribution in [2.45, 2.75) is 45.3 Å². The number of guanidine groups is 1. The minimum atomic E-state index is 0.639. The summed E-state index contributed by atoms with van der Waals surface area (Å²) in [6.07, 6.45) is 4.72. The molecule has 3 rings (SSSR count). The smallest absolute Gasteiger partial charge is 0.194 e. The molecule has 1 aliphatic heterocycles. The Hall–Kier alpha value is -1.89. The van der Waals surface area contributed by atoms with Gasteiger partial charge in [-0.05, 0) is 24.5 Å². The lowest BCUT2D eigenvalue weighted by Crippen LogP contribution is -2.38. The van der Waals surface area contributed by atoms with Gasteiger partial charge >= 0.3 is 0 Å². The van der Waals surface area contributed by atoms with E-state index in [0.717, 1.165) is 41.6 Å². The third-order valence-corrected chi connectivity index (χ3v) is 5.30. The van der Waals surface area contributed by atoms with Crippen LogP contribution < -0.4 is 5.32 Å². The largest absolute Gasteiger partial charge is 0.349 e. The van der Waals surface area contributed by atoms with E-state index in [4.69, 9.17) is 0 Å². The number of hydrogen-bond donors (Lipinski definition) is 1. The predicted molar refractivity (Wildman–Crippen MR) is 103 cm³/mol. The number of hydrogen-bond acceptors (Lipinski definition) is 3. The average molecular weight is 405 g/mol. The van der Waals surface area contributed by atoms with Crippen LogP contribution in [-0.4, -0.2) is 39.7 Å². The van der Waals surface area contributed by atoms with Gasteiger partial charge in [0, 0.05) is 38.1 Å². The number of nitrogens with one attached hydrogen (secondary N) is 1. The Morgan fingerprint density at radius 2 is 2.12 bits per heavy atom. The number of aliphatic imine (C=N–C) groups is 1. The van der Waals surface area contributed by atoms with Crippen LogP contribution >= 0.6 is 15.9 Å². The average Bonchev–Trinajstić information content (AvgIpc) is 2.84. The van der Waals surface area contributed by atoms with Gasteiger partial charge in [-0.1, -0.05) is 40.5 Å². The van der Waals surface area contributed by atoms with E-state index >= 15 is 0 Å². The van der Waals surface area contributed by atoms with Gasteiger partial charge in [-0.3, -0.25) is 4.99 Å². The van der Waals surface area contributed by atoms with Crippen molar-refractivity contribution >= 4 is 21.9 Å². The van der Waals surface area contributed by atoms with E-state index < -0.39 is 0 Å². The van der Waals surface area contributed by atoms with E-state index in [1.807, 2.05) is 20.2 Å². The van der Waals surface area contributed by atoms with Gasteiger partial charge in [-0.15, -0.1) is 10.2 Å². The van der Waals surface area contributed by atoms with Crippen molar-refractivity contribution in [3.8, 4) is 0 Å². The molecule has 25 heavy (non-hydrogen) atoms. The van der Waals surface area contributed by atoms with Gasteiger partial charge in [0.1, 0.15) is 5.82 Å². The van der Waals surface area contributed by atoms with Crippen molar-refractivity contribution in [3.63, 3.8) is 0 Å². The van der Waals surface area contributed by atoms with Crippen molar-refractivity contribution in [1.29, 1.82) is 0 Å². The lowest BCUT2D eigenvalue weighted by molar-refractivity contribution is 0.472. The van der Waals surface area contributed by atoms with Gasteiger partial charge in [0.25, 0.3) is 0 Å². The van der Waals surface area contributed by atoms with Gasteiger partial charge < -0.3 is 14.8 Å². The van der Waals surface area contributed by atoms with Gasteiger partial charge in [-0.2, -0.15) is 0 Å². The van der Waals surface area contributed by atoms with Crippen molar-refractivity contribution in [2.24, 2.45) is 4.99 Å². The molecule has 0 unspecified atom stereocenters. The number of benzene rings is 1. The maximum absolute atomic E-state index is 4.40.